The van der Waals surface area contributed by atoms with E-state index in [4.69, 9.17) is 42.1 Å². The van der Waals surface area contributed by atoms with Crippen LogP contribution in [0.3, 0.4) is 0 Å². The molecule has 1 N–H and O–H groups in total. The van der Waals surface area contributed by atoms with Crippen molar-refractivity contribution in [2.75, 3.05) is 32.8 Å². The molecular weight excluding hydrogens is 533 g/mol. The molecule has 0 spiro atoms. The summed E-state index contributed by atoms with van der Waals surface area (Å²) in [7, 11) is 4.36. The van der Waals surface area contributed by atoms with Gasteiger partial charge in [0.1, 0.15) is 17.3 Å². The van der Waals surface area contributed by atoms with Crippen LogP contribution >= 0.6 is 23.2 Å². The molecule has 38 heavy (non-hydrogen) atoms. The first-order chi connectivity index (χ1) is 18.2. The Kier molecular flexibility index (Phi) is 8.04. The van der Waals surface area contributed by atoms with E-state index < -0.39 is 23.5 Å². The number of ether oxygens (including phenoxy) is 4. The number of hydrogen-bond acceptors (Lipinski definition) is 7. The summed E-state index contributed by atoms with van der Waals surface area (Å²) in [6.07, 6.45) is 0. The van der Waals surface area contributed by atoms with Crippen LogP contribution in [-0.2, 0) is 9.59 Å². The molecule has 1 heterocycles. The molecule has 10 heteroatoms. The maximum Gasteiger partial charge on any atom is 0.300 e. The van der Waals surface area contributed by atoms with Crippen LogP contribution in [0.1, 0.15) is 24.1 Å². The highest BCUT2D eigenvalue weighted by Gasteiger charge is 2.47. The molecule has 0 bridgehead atoms. The largest absolute Gasteiger partial charge is 0.507 e. The first-order valence-corrected chi connectivity index (χ1v) is 12.3. The minimum Gasteiger partial charge on any atom is -0.507 e. The number of anilines is 1. The third-order valence-electron chi connectivity index (χ3n) is 6.08. The fraction of sp³-hybridized carbons (Fsp3) is 0.214. The molecule has 1 aliphatic heterocycles. The molecule has 3 aromatic rings. The average molecular weight is 558 g/mol. The van der Waals surface area contributed by atoms with Crippen molar-refractivity contribution in [2.45, 2.75) is 13.0 Å². The summed E-state index contributed by atoms with van der Waals surface area (Å²) in [6.45, 7) is 2.18. The molecule has 1 unspecified atom stereocenters. The summed E-state index contributed by atoms with van der Waals surface area (Å²) in [4.78, 5) is 28.3. The predicted octanol–water partition coefficient (Wildman–Crippen LogP) is 6.04. The molecule has 8 nitrogen and oxygen atoms in total. The Hall–Kier alpha value is -3.88. The van der Waals surface area contributed by atoms with E-state index in [2.05, 4.69) is 0 Å². The molecule has 4 rings (SSSR count). The lowest BCUT2D eigenvalue weighted by molar-refractivity contribution is -0.132. The zero-order valence-electron chi connectivity index (χ0n) is 21.1. The molecule has 0 radical (unpaired) electrons. The van der Waals surface area contributed by atoms with Gasteiger partial charge in [-0.15, -0.1) is 0 Å². The average Bonchev–Trinajstić information content (AvgIpc) is 3.18. The number of carbonyl (C=O) groups is 2. The van der Waals surface area contributed by atoms with Crippen LogP contribution in [0.5, 0.6) is 23.0 Å². The number of aliphatic hydroxyl groups is 1. The Morgan fingerprint density at radius 3 is 2.13 bits per heavy atom. The maximum atomic E-state index is 13.5. The topological polar surface area (TPSA) is 94.5 Å². The number of rotatable bonds is 8. The van der Waals surface area contributed by atoms with Crippen LogP contribution in [0.25, 0.3) is 5.76 Å². The Morgan fingerprint density at radius 2 is 1.53 bits per heavy atom. The zero-order chi connectivity index (χ0) is 27.6. The zero-order valence-corrected chi connectivity index (χ0v) is 22.6. The van der Waals surface area contributed by atoms with Crippen molar-refractivity contribution >= 4 is 46.3 Å². The van der Waals surface area contributed by atoms with Crippen LogP contribution < -0.4 is 23.8 Å². The highest BCUT2D eigenvalue weighted by Crippen LogP contribution is 2.46. The number of Topliss-reactive ketones (excluding diaryl/α,β-unsaturated/α-hetero) is 1. The molecule has 0 aromatic heterocycles. The Labute approximate surface area is 229 Å². The van der Waals surface area contributed by atoms with Crippen molar-refractivity contribution in [1.82, 2.24) is 0 Å². The van der Waals surface area contributed by atoms with Crippen molar-refractivity contribution < 1.29 is 33.6 Å². The van der Waals surface area contributed by atoms with E-state index in [1.807, 2.05) is 6.92 Å². The third-order valence-corrected chi connectivity index (χ3v) is 6.63. The van der Waals surface area contributed by atoms with E-state index in [-0.39, 0.29) is 21.9 Å². The summed E-state index contributed by atoms with van der Waals surface area (Å²) in [5, 5.41) is 12.2. The van der Waals surface area contributed by atoms with Gasteiger partial charge in [0.05, 0.1) is 50.1 Å². The van der Waals surface area contributed by atoms with Gasteiger partial charge in [-0.25, -0.2) is 0 Å². The first kappa shape index (κ1) is 27.2. The standard InChI is InChI=1S/C28H25Cl2NO7/c1-5-38-23-12-15(6-11-20(23)35-2)25-24(26(32)18-13-19(30)22(37-4)14-21(18)36-3)27(33)28(34)31(25)17-9-7-16(29)8-10-17/h6-14,25,32H,5H2,1-4H3/b26-24+. The lowest BCUT2D eigenvalue weighted by Crippen LogP contribution is -2.29. The number of nitrogens with zero attached hydrogens (tertiary/aromatic N) is 1. The van der Waals surface area contributed by atoms with Gasteiger partial charge < -0.3 is 24.1 Å². The fourth-order valence-electron chi connectivity index (χ4n) is 4.34. The SMILES string of the molecule is CCOc1cc(C2/C(=C(\O)c3cc(Cl)c(OC)cc3OC)C(=O)C(=O)N2c2ccc(Cl)cc2)ccc1OC. The van der Waals surface area contributed by atoms with Crippen LogP contribution in [0.15, 0.2) is 60.2 Å². The number of amides is 1. The molecule has 0 aliphatic carbocycles. The second kappa shape index (κ2) is 11.2. The van der Waals surface area contributed by atoms with Gasteiger partial charge in [0.15, 0.2) is 11.5 Å². The summed E-state index contributed by atoms with van der Waals surface area (Å²) in [5.74, 6) is -0.766. The number of ketones is 1. The van der Waals surface area contributed by atoms with E-state index in [1.54, 1.807) is 42.5 Å². The maximum absolute atomic E-state index is 13.5. The Balaban J connectivity index is 2.00. The molecule has 1 amide bonds. The van der Waals surface area contributed by atoms with E-state index in [1.165, 1.54) is 38.4 Å². The van der Waals surface area contributed by atoms with E-state index in [0.29, 0.717) is 40.1 Å². The van der Waals surface area contributed by atoms with Crippen LogP contribution in [0, 0.1) is 0 Å². The van der Waals surface area contributed by atoms with Crippen LogP contribution in [0.4, 0.5) is 5.69 Å². The highest BCUT2D eigenvalue weighted by atomic mass is 35.5. The van der Waals surface area contributed by atoms with Gasteiger partial charge in [0.2, 0.25) is 0 Å². The van der Waals surface area contributed by atoms with Gasteiger partial charge in [-0.1, -0.05) is 29.3 Å². The van der Waals surface area contributed by atoms with Gasteiger partial charge in [-0.2, -0.15) is 0 Å². The predicted molar refractivity (Wildman–Crippen MR) is 145 cm³/mol. The number of hydrogen-bond donors (Lipinski definition) is 1. The lowest BCUT2D eigenvalue weighted by Gasteiger charge is -2.26. The Bertz CT molecular complexity index is 1420. The van der Waals surface area contributed by atoms with Crippen molar-refractivity contribution in [3.8, 4) is 23.0 Å². The van der Waals surface area contributed by atoms with Crippen molar-refractivity contribution in [2.24, 2.45) is 0 Å². The van der Waals surface area contributed by atoms with Gasteiger partial charge in [0, 0.05) is 16.8 Å². The molecule has 0 saturated carbocycles. The van der Waals surface area contributed by atoms with Crippen molar-refractivity contribution in [3.05, 3.63) is 81.3 Å². The number of methoxy groups -OCH3 is 3. The molecule has 1 saturated heterocycles. The molecule has 1 fully saturated rings. The quantitative estimate of drug-likeness (QED) is 0.205. The first-order valence-electron chi connectivity index (χ1n) is 11.5. The minimum atomic E-state index is -1.02. The monoisotopic (exact) mass is 557 g/mol. The van der Waals surface area contributed by atoms with E-state index in [0.717, 1.165) is 0 Å². The van der Waals surface area contributed by atoms with Crippen molar-refractivity contribution in [3.63, 3.8) is 0 Å². The van der Waals surface area contributed by atoms with E-state index in [9.17, 15) is 14.7 Å². The number of aliphatic hydroxyl groups excluding tert-OH is 1. The van der Waals surface area contributed by atoms with Crippen LogP contribution in [-0.4, -0.2) is 44.7 Å². The number of benzene rings is 3. The molecule has 3 aromatic carbocycles. The molecule has 1 atom stereocenters. The normalized spacial score (nSPS) is 16.5. The summed E-state index contributed by atoms with van der Waals surface area (Å²) in [5.41, 5.74) is 0.880. The van der Waals surface area contributed by atoms with Gasteiger partial charge >= 0.3 is 0 Å². The number of carbonyl (C=O) groups excluding carboxylic acids is 2. The summed E-state index contributed by atoms with van der Waals surface area (Å²) < 4.78 is 21.8. The molecular formula is C28H25Cl2NO7. The second-order valence-electron chi connectivity index (χ2n) is 8.18. The summed E-state index contributed by atoms with van der Waals surface area (Å²) in [6, 6.07) is 13.4. The molecule has 1 aliphatic rings. The van der Waals surface area contributed by atoms with E-state index >= 15 is 0 Å². The molecule has 198 valence electrons. The van der Waals surface area contributed by atoms with Gasteiger partial charge in [-0.05, 0) is 55.0 Å². The summed E-state index contributed by atoms with van der Waals surface area (Å²) >= 11 is 12.4. The minimum absolute atomic E-state index is 0.121. The third kappa shape index (κ3) is 4.85. The number of halogens is 2. The van der Waals surface area contributed by atoms with Gasteiger partial charge in [-0.3, -0.25) is 14.5 Å². The van der Waals surface area contributed by atoms with Crippen molar-refractivity contribution in [1.29, 1.82) is 0 Å². The van der Waals surface area contributed by atoms with Crippen LogP contribution in [0.2, 0.25) is 10.0 Å². The second-order valence-corrected chi connectivity index (χ2v) is 9.02. The highest BCUT2D eigenvalue weighted by molar-refractivity contribution is 6.51. The van der Waals surface area contributed by atoms with Gasteiger partial charge in [0.25, 0.3) is 11.7 Å². The Morgan fingerprint density at radius 1 is 0.868 bits per heavy atom. The lowest BCUT2D eigenvalue weighted by atomic mass is 9.94. The smallest absolute Gasteiger partial charge is 0.300 e. The fourth-order valence-corrected chi connectivity index (χ4v) is 4.70.